The minimum atomic E-state index is -0.777. The molecule has 1 rings (SSSR count). The molecule has 1 fully saturated rings. The van der Waals surface area contributed by atoms with Gasteiger partial charge >= 0.3 is 5.97 Å². The summed E-state index contributed by atoms with van der Waals surface area (Å²) in [6.07, 6.45) is 2.93. The number of carboxylic acid groups (broad SMARTS) is 1. The van der Waals surface area contributed by atoms with Gasteiger partial charge in [0.05, 0.1) is 13.2 Å². The van der Waals surface area contributed by atoms with E-state index in [4.69, 9.17) is 14.6 Å². The molecule has 1 aliphatic heterocycles. The van der Waals surface area contributed by atoms with Gasteiger partial charge in [0.25, 0.3) is 0 Å². The molecule has 0 aliphatic carbocycles. The summed E-state index contributed by atoms with van der Waals surface area (Å²) in [4.78, 5) is 12.8. The summed E-state index contributed by atoms with van der Waals surface area (Å²) in [7, 11) is 1.63. The van der Waals surface area contributed by atoms with E-state index in [1.807, 2.05) is 4.90 Å². The standard InChI is InChI=1S/C11H21NO4/c1-15-8-5-12(9-11(13)14)10-3-2-6-16-7-4-10/h10H,2-9H2,1H3,(H,13,14). The number of hydrogen-bond acceptors (Lipinski definition) is 4. The van der Waals surface area contributed by atoms with Gasteiger partial charge in [0.1, 0.15) is 0 Å². The summed E-state index contributed by atoms with van der Waals surface area (Å²) in [5, 5.41) is 8.87. The van der Waals surface area contributed by atoms with Crippen LogP contribution in [-0.2, 0) is 14.3 Å². The molecule has 1 N–H and O–H groups in total. The zero-order chi connectivity index (χ0) is 11.8. The van der Waals surface area contributed by atoms with Gasteiger partial charge in [-0.3, -0.25) is 9.69 Å². The summed E-state index contributed by atoms with van der Waals surface area (Å²) in [6.45, 7) is 2.86. The molecule has 0 saturated carbocycles. The first kappa shape index (κ1) is 13.4. The predicted octanol–water partition coefficient (Wildman–Crippen LogP) is 0.589. The maximum Gasteiger partial charge on any atom is 0.317 e. The third kappa shape index (κ3) is 4.92. The number of aliphatic carboxylic acids is 1. The smallest absolute Gasteiger partial charge is 0.317 e. The van der Waals surface area contributed by atoms with Crippen LogP contribution in [0.2, 0.25) is 0 Å². The minimum Gasteiger partial charge on any atom is -0.480 e. The third-order valence-corrected chi connectivity index (χ3v) is 2.86. The second-order valence-corrected chi connectivity index (χ2v) is 4.05. The van der Waals surface area contributed by atoms with E-state index in [1.165, 1.54) is 0 Å². The van der Waals surface area contributed by atoms with Crippen LogP contribution < -0.4 is 0 Å². The first-order valence-corrected chi connectivity index (χ1v) is 5.76. The number of methoxy groups -OCH3 is 1. The third-order valence-electron chi connectivity index (χ3n) is 2.86. The number of carbonyl (C=O) groups is 1. The topological polar surface area (TPSA) is 59.0 Å². The van der Waals surface area contributed by atoms with Crippen molar-refractivity contribution in [3.05, 3.63) is 0 Å². The maximum atomic E-state index is 10.8. The van der Waals surface area contributed by atoms with E-state index in [0.29, 0.717) is 19.2 Å². The highest BCUT2D eigenvalue weighted by Crippen LogP contribution is 2.14. The summed E-state index contributed by atoms with van der Waals surface area (Å²) >= 11 is 0. The molecular weight excluding hydrogens is 210 g/mol. The second kappa shape index (κ2) is 7.60. The fourth-order valence-corrected chi connectivity index (χ4v) is 2.02. The van der Waals surface area contributed by atoms with Gasteiger partial charge in [0.15, 0.2) is 0 Å². The van der Waals surface area contributed by atoms with Gasteiger partial charge in [-0.15, -0.1) is 0 Å². The summed E-state index contributed by atoms with van der Waals surface area (Å²) < 4.78 is 10.4. The first-order valence-electron chi connectivity index (χ1n) is 5.76. The lowest BCUT2D eigenvalue weighted by Gasteiger charge is -2.28. The molecule has 5 heteroatoms. The molecule has 0 spiro atoms. The summed E-state index contributed by atoms with van der Waals surface area (Å²) in [5.74, 6) is -0.777. The Labute approximate surface area is 96.3 Å². The van der Waals surface area contributed by atoms with Crippen LogP contribution in [0.15, 0.2) is 0 Å². The molecule has 16 heavy (non-hydrogen) atoms. The largest absolute Gasteiger partial charge is 0.480 e. The Morgan fingerprint density at radius 2 is 2.31 bits per heavy atom. The van der Waals surface area contributed by atoms with E-state index in [9.17, 15) is 4.79 Å². The Morgan fingerprint density at radius 3 is 3.00 bits per heavy atom. The van der Waals surface area contributed by atoms with Crippen molar-refractivity contribution in [2.24, 2.45) is 0 Å². The Bertz CT molecular complexity index is 202. The molecule has 0 aromatic heterocycles. The van der Waals surface area contributed by atoms with Crippen LogP contribution in [0.3, 0.4) is 0 Å². The normalized spacial score (nSPS) is 22.0. The fourth-order valence-electron chi connectivity index (χ4n) is 2.02. The SMILES string of the molecule is COCCN(CC(=O)O)C1CCCOCC1. The van der Waals surface area contributed by atoms with Crippen LogP contribution >= 0.6 is 0 Å². The zero-order valence-electron chi connectivity index (χ0n) is 9.85. The Morgan fingerprint density at radius 1 is 1.50 bits per heavy atom. The van der Waals surface area contributed by atoms with E-state index < -0.39 is 5.97 Å². The second-order valence-electron chi connectivity index (χ2n) is 4.05. The Balaban J connectivity index is 2.46. The van der Waals surface area contributed by atoms with Crippen molar-refractivity contribution >= 4 is 5.97 Å². The molecule has 1 aliphatic rings. The lowest BCUT2D eigenvalue weighted by molar-refractivity contribution is -0.139. The minimum absolute atomic E-state index is 0.0913. The lowest BCUT2D eigenvalue weighted by Crippen LogP contribution is -2.41. The molecule has 0 radical (unpaired) electrons. The van der Waals surface area contributed by atoms with Crippen LogP contribution in [0.5, 0.6) is 0 Å². The highest BCUT2D eigenvalue weighted by Gasteiger charge is 2.21. The van der Waals surface area contributed by atoms with Gasteiger partial charge in [-0.2, -0.15) is 0 Å². The highest BCUT2D eigenvalue weighted by atomic mass is 16.5. The predicted molar refractivity (Wildman–Crippen MR) is 59.5 cm³/mol. The molecule has 0 aromatic carbocycles. The molecule has 1 unspecified atom stereocenters. The molecule has 1 atom stereocenters. The first-order chi connectivity index (χ1) is 7.74. The van der Waals surface area contributed by atoms with E-state index in [1.54, 1.807) is 7.11 Å². The molecule has 5 nitrogen and oxygen atoms in total. The summed E-state index contributed by atoms with van der Waals surface area (Å²) in [5.41, 5.74) is 0. The number of nitrogens with zero attached hydrogens (tertiary/aromatic N) is 1. The monoisotopic (exact) mass is 231 g/mol. The van der Waals surface area contributed by atoms with Crippen molar-refractivity contribution < 1.29 is 19.4 Å². The molecule has 0 aromatic rings. The number of hydrogen-bond donors (Lipinski definition) is 1. The van der Waals surface area contributed by atoms with Crippen molar-refractivity contribution in [3.63, 3.8) is 0 Å². The quantitative estimate of drug-likeness (QED) is 0.725. The van der Waals surface area contributed by atoms with E-state index in [2.05, 4.69) is 0 Å². The van der Waals surface area contributed by atoms with Crippen LogP contribution in [0.1, 0.15) is 19.3 Å². The zero-order valence-corrected chi connectivity index (χ0v) is 9.85. The lowest BCUT2D eigenvalue weighted by atomic mass is 10.1. The van der Waals surface area contributed by atoms with E-state index >= 15 is 0 Å². The van der Waals surface area contributed by atoms with Gasteiger partial charge < -0.3 is 14.6 Å². The highest BCUT2D eigenvalue weighted by molar-refractivity contribution is 5.69. The molecule has 0 amide bonds. The van der Waals surface area contributed by atoms with Gasteiger partial charge in [-0.05, 0) is 19.3 Å². The van der Waals surface area contributed by atoms with E-state index in [-0.39, 0.29) is 6.54 Å². The number of rotatable bonds is 6. The van der Waals surface area contributed by atoms with Gasteiger partial charge in [-0.25, -0.2) is 0 Å². The van der Waals surface area contributed by atoms with Crippen LogP contribution in [0.25, 0.3) is 0 Å². The van der Waals surface area contributed by atoms with Gasteiger partial charge in [-0.1, -0.05) is 0 Å². The van der Waals surface area contributed by atoms with Crippen molar-refractivity contribution in [2.45, 2.75) is 25.3 Å². The summed E-state index contributed by atoms with van der Waals surface area (Å²) in [6, 6.07) is 0.314. The average Bonchev–Trinajstić information content (AvgIpc) is 2.52. The molecular formula is C11H21NO4. The van der Waals surface area contributed by atoms with Crippen molar-refractivity contribution in [3.8, 4) is 0 Å². The number of ether oxygens (including phenoxy) is 2. The van der Waals surface area contributed by atoms with Gasteiger partial charge in [0, 0.05) is 32.9 Å². The molecule has 1 saturated heterocycles. The maximum absolute atomic E-state index is 10.8. The molecule has 1 heterocycles. The Hall–Kier alpha value is -0.650. The van der Waals surface area contributed by atoms with Crippen molar-refractivity contribution in [1.82, 2.24) is 4.90 Å². The fraction of sp³-hybridized carbons (Fsp3) is 0.909. The molecule has 0 bridgehead atoms. The van der Waals surface area contributed by atoms with Crippen LogP contribution in [0, 0.1) is 0 Å². The van der Waals surface area contributed by atoms with Gasteiger partial charge in [0.2, 0.25) is 0 Å². The van der Waals surface area contributed by atoms with Crippen LogP contribution in [-0.4, -0.2) is 62.0 Å². The van der Waals surface area contributed by atoms with E-state index in [0.717, 1.165) is 32.5 Å². The Kier molecular flexibility index (Phi) is 6.37. The number of carboxylic acids is 1. The van der Waals surface area contributed by atoms with Crippen LogP contribution in [0.4, 0.5) is 0 Å². The van der Waals surface area contributed by atoms with Crippen molar-refractivity contribution in [1.29, 1.82) is 0 Å². The van der Waals surface area contributed by atoms with Crippen molar-refractivity contribution in [2.75, 3.05) is 40.0 Å². The molecule has 94 valence electrons. The average molecular weight is 231 g/mol.